The van der Waals surface area contributed by atoms with Crippen molar-refractivity contribution in [1.29, 1.82) is 0 Å². The summed E-state index contributed by atoms with van der Waals surface area (Å²) in [6.45, 7) is 5.68. The Morgan fingerprint density at radius 3 is 2.82 bits per heavy atom. The number of anilines is 1. The highest BCUT2D eigenvalue weighted by Crippen LogP contribution is 2.27. The third-order valence-corrected chi connectivity index (χ3v) is 3.43. The third kappa shape index (κ3) is 2.70. The molecule has 22 heavy (non-hydrogen) atoms. The molecule has 0 saturated heterocycles. The molecule has 2 heterocycles. The van der Waals surface area contributed by atoms with Crippen LogP contribution in [0.2, 0.25) is 0 Å². The highest BCUT2D eigenvalue weighted by atomic mass is 16.4. The average molecular weight is 295 g/mol. The number of amides is 1. The van der Waals surface area contributed by atoms with Crippen molar-refractivity contribution in [2.75, 3.05) is 5.32 Å². The van der Waals surface area contributed by atoms with Crippen molar-refractivity contribution in [2.45, 2.75) is 20.8 Å². The molecule has 0 radical (unpaired) electrons. The molecule has 0 aliphatic carbocycles. The van der Waals surface area contributed by atoms with Crippen molar-refractivity contribution < 1.29 is 9.21 Å². The first kappa shape index (κ1) is 14.3. The van der Waals surface area contributed by atoms with Crippen LogP contribution in [0.25, 0.3) is 22.7 Å². The highest BCUT2D eigenvalue weighted by Gasteiger charge is 2.13. The lowest BCUT2D eigenvalue weighted by atomic mass is 10.1. The number of fused-ring (bicyclic) bond motifs is 1. The lowest BCUT2D eigenvalue weighted by Crippen LogP contribution is -2.18. The predicted octanol–water partition coefficient (Wildman–Crippen LogP) is 3.79. The molecular weight excluding hydrogens is 278 g/mol. The quantitative estimate of drug-likeness (QED) is 0.798. The number of hydrogen-bond donors (Lipinski definition) is 1. The van der Waals surface area contributed by atoms with E-state index in [1.54, 1.807) is 6.20 Å². The lowest BCUT2D eigenvalue weighted by Gasteiger charge is -2.11. The second-order valence-corrected chi connectivity index (χ2v) is 5.52. The molecule has 3 rings (SSSR count). The van der Waals surface area contributed by atoms with Crippen molar-refractivity contribution >= 4 is 22.8 Å². The summed E-state index contributed by atoms with van der Waals surface area (Å²) < 4.78 is 5.67. The van der Waals surface area contributed by atoms with Crippen molar-refractivity contribution in [3.63, 3.8) is 0 Å². The zero-order chi connectivity index (χ0) is 15.7. The van der Waals surface area contributed by atoms with Gasteiger partial charge in [0.25, 0.3) is 0 Å². The van der Waals surface area contributed by atoms with Crippen LogP contribution >= 0.6 is 0 Å². The largest absolute Gasteiger partial charge is 0.418 e. The summed E-state index contributed by atoms with van der Waals surface area (Å²) in [6, 6.07) is 9.40. The van der Waals surface area contributed by atoms with Crippen LogP contribution in [0.4, 0.5) is 5.69 Å². The fourth-order valence-electron chi connectivity index (χ4n) is 2.06. The zero-order valence-corrected chi connectivity index (χ0v) is 12.8. The van der Waals surface area contributed by atoms with Gasteiger partial charge in [-0.2, -0.15) is 0 Å². The van der Waals surface area contributed by atoms with Crippen LogP contribution in [0.3, 0.4) is 0 Å². The second kappa shape index (κ2) is 5.60. The van der Waals surface area contributed by atoms with Gasteiger partial charge < -0.3 is 9.73 Å². The monoisotopic (exact) mass is 295 g/mol. The van der Waals surface area contributed by atoms with E-state index < -0.39 is 0 Å². The molecule has 0 fully saturated rings. The molecule has 5 heteroatoms. The van der Waals surface area contributed by atoms with Gasteiger partial charge >= 0.3 is 0 Å². The Bertz CT molecular complexity index is 804. The Morgan fingerprint density at radius 2 is 2.09 bits per heavy atom. The molecule has 0 aliphatic rings. The van der Waals surface area contributed by atoms with Gasteiger partial charge in [0.05, 0.1) is 0 Å². The SMILES string of the molecule is Cc1ccc(-c2nc3cccnc3o2)cc1NC(=O)C(C)C. The van der Waals surface area contributed by atoms with Crippen LogP contribution in [0.15, 0.2) is 40.9 Å². The van der Waals surface area contributed by atoms with Crippen LogP contribution in [0.1, 0.15) is 19.4 Å². The number of hydrogen-bond acceptors (Lipinski definition) is 4. The van der Waals surface area contributed by atoms with Gasteiger partial charge in [-0.1, -0.05) is 19.9 Å². The number of aryl methyl sites for hydroxylation is 1. The molecule has 1 aromatic carbocycles. The number of nitrogens with zero attached hydrogens (tertiary/aromatic N) is 2. The van der Waals surface area contributed by atoms with E-state index in [0.717, 1.165) is 16.8 Å². The Labute approximate surface area is 128 Å². The van der Waals surface area contributed by atoms with Gasteiger partial charge in [0.2, 0.25) is 17.5 Å². The first-order valence-electron chi connectivity index (χ1n) is 7.18. The van der Waals surface area contributed by atoms with Gasteiger partial charge in [-0.15, -0.1) is 0 Å². The summed E-state index contributed by atoms with van der Waals surface area (Å²) in [5.74, 6) is 0.407. The minimum Gasteiger partial charge on any atom is -0.418 e. The van der Waals surface area contributed by atoms with Gasteiger partial charge in [-0.3, -0.25) is 4.79 Å². The smallest absolute Gasteiger partial charge is 0.247 e. The van der Waals surface area contributed by atoms with E-state index in [2.05, 4.69) is 15.3 Å². The predicted molar refractivity (Wildman–Crippen MR) is 85.4 cm³/mol. The molecule has 1 N–H and O–H groups in total. The summed E-state index contributed by atoms with van der Waals surface area (Å²) in [7, 11) is 0. The van der Waals surface area contributed by atoms with E-state index in [9.17, 15) is 4.79 Å². The number of aromatic nitrogens is 2. The molecule has 2 aromatic heterocycles. The summed E-state index contributed by atoms with van der Waals surface area (Å²) in [5, 5.41) is 2.93. The highest BCUT2D eigenvalue weighted by molar-refractivity contribution is 5.93. The molecule has 0 atom stereocenters. The average Bonchev–Trinajstić information content (AvgIpc) is 2.93. The van der Waals surface area contributed by atoms with Crippen molar-refractivity contribution in [3.8, 4) is 11.5 Å². The van der Waals surface area contributed by atoms with Crippen LogP contribution in [0.5, 0.6) is 0 Å². The number of carbonyl (C=O) groups is 1. The number of pyridine rings is 1. The van der Waals surface area contributed by atoms with E-state index in [1.807, 2.05) is 51.1 Å². The summed E-state index contributed by atoms with van der Waals surface area (Å²) in [4.78, 5) is 20.5. The Hall–Kier alpha value is -2.69. The molecule has 1 amide bonds. The standard InChI is InChI=1S/C17H17N3O2/c1-10(2)15(21)19-14-9-12(7-6-11(14)3)16-20-13-5-4-8-18-17(13)22-16/h4-10H,1-3H3,(H,19,21). The van der Waals surface area contributed by atoms with Crippen molar-refractivity contribution in [1.82, 2.24) is 9.97 Å². The molecule has 0 unspecified atom stereocenters. The molecular formula is C17H17N3O2. The van der Waals surface area contributed by atoms with E-state index >= 15 is 0 Å². The summed E-state index contributed by atoms with van der Waals surface area (Å²) >= 11 is 0. The summed E-state index contributed by atoms with van der Waals surface area (Å²) in [6.07, 6.45) is 1.67. The number of rotatable bonds is 3. The van der Waals surface area contributed by atoms with E-state index in [0.29, 0.717) is 17.1 Å². The van der Waals surface area contributed by atoms with E-state index in [-0.39, 0.29) is 11.8 Å². The van der Waals surface area contributed by atoms with Crippen LogP contribution in [-0.4, -0.2) is 15.9 Å². The molecule has 0 spiro atoms. The molecule has 0 bridgehead atoms. The Morgan fingerprint density at radius 1 is 1.27 bits per heavy atom. The minimum atomic E-state index is -0.0726. The van der Waals surface area contributed by atoms with Crippen molar-refractivity contribution in [3.05, 3.63) is 42.1 Å². The Balaban J connectivity index is 1.99. The number of benzene rings is 1. The third-order valence-electron chi connectivity index (χ3n) is 3.43. The van der Waals surface area contributed by atoms with Gasteiger partial charge in [-0.25, -0.2) is 9.97 Å². The van der Waals surface area contributed by atoms with Gasteiger partial charge in [0.15, 0.2) is 0 Å². The fourth-order valence-corrected chi connectivity index (χ4v) is 2.06. The minimum absolute atomic E-state index is 0.0144. The van der Waals surface area contributed by atoms with Crippen LogP contribution < -0.4 is 5.32 Å². The maximum atomic E-state index is 11.9. The first-order valence-corrected chi connectivity index (χ1v) is 7.18. The lowest BCUT2D eigenvalue weighted by molar-refractivity contribution is -0.118. The van der Waals surface area contributed by atoms with E-state index in [1.165, 1.54) is 0 Å². The number of nitrogens with one attached hydrogen (secondary N) is 1. The molecule has 0 saturated carbocycles. The molecule has 3 aromatic rings. The topological polar surface area (TPSA) is 68.0 Å². The summed E-state index contributed by atoms with van der Waals surface area (Å²) in [5.41, 5.74) is 3.79. The number of carbonyl (C=O) groups excluding carboxylic acids is 1. The Kier molecular flexibility index (Phi) is 3.63. The van der Waals surface area contributed by atoms with Gasteiger partial charge in [0, 0.05) is 23.4 Å². The normalized spacial score (nSPS) is 11.1. The maximum Gasteiger partial charge on any atom is 0.247 e. The first-order chi connectivity index (χ1) is 10.5. The van der Waals surface area contributed by atoms with E-state index in [4.69, 9.17) is 4.42 Å². The zero-order valence-electron chi connectivity index (χ0n) is 12.8. The fraction of sp³-hybridized carbons (Fsp3) is 0.235. The second-order valence-electron chi connectivity index (χ2n) is 5.52. The van der Waals surface area contributed by atoms with Crippen molar-refractivity contribution in [2.24, 2.45) is 5.92 Å². The van der Waals surface area contributed by atoms with Crippen LogP contribution in [0, 0.1) is 12.8 Å². The number of oxazole rings is 1. The molecule has 112 valence electrons. The maximum absolute atomic E-state index is 11.9. The van der Waals surface area contributed by atoms with Gasteiger partial charge in [0.1, 0.15) is 5.52 Å². The van der Waals surface area contributed by atoms with Crippen LogP contribution in [-0.2, 0) is 4.79 Å². The molecule has 0 aliphatic heterocycles. The van der Waals surface area contributed by atoms with Gasteiger partial charge in [-0.05, 0) is 36.8 Å². The molecule has 5 nitrogen and oxygen atoms in total.